The number of anilines is 2. The number of rotatable bonds is 4. The maximum absolute atomic E-state index is 14.5. The molecule has 2 aliphatic heterocycles. The molecule has 5 nitrogen and oxygen atoms in total. The summed E-state index contributed by atoms with van der Waals surface area (Å²) in [7, 11) is 0. The summed E-state index contributed by atoms with van der Waals surface area (Å²) in [5.74, 6) is 0.462. The number of nitrogens with one attached hydrogen (secondary N) is 1. The summed E-state index contributed by atoms with van der Waals surface area (Å²) in [4.78, 5) is 29.7. The lowest BCUT2D eigenvalue weighted by atomic mass is 10.0. The molecule has 5 rings (SSSR count). The predicted molar refractivity (Wildman–Crippen MR) is 139 cm³/mol. The number of benzene rings is 3. The van der Waals surface area contributed by atoms with Gasteiger partial charge in [-0.25, -0.2) is 9.18 Å². The van der Waals surface area contributed by atoms with Gasteiger partial charge < -0.3 is 10.2 Å². The average Bonchev–Trinajstić information content (AvgIpc) is 3.38. The molecule has 0 bridgehead atoms. The van der Waals surface area contributed by atoms with Crippen LogP contribution in [-0.4, -0.2) is 29.1 Å². The fourth-order valence-corrected chi connectivity index (χ4v) is 6.28. The van der Waals surface area contributed by atoms with E-state index < -0.39 is 4.87 Å². The Labute approximate surface area is 209 Å². The van der Waals surface area contributed by atoms with Crippen molar-refractivity contribution in [3.05, 3.63) is 94.8 Å². The summed E-state index contributed by atoms with van der Waals surface area (Å²) >= 11 is 1.46. The van der Waals surface area contributed by atoms with Crippen molar-refractivity contribution in [3.8, 4) is 0 Å². The monoisotopic (exact) mass is 489 g/mol. The molecule has 1 fully saturated rings. The third-order valence-corrected chi connectivity index (χ3v) is 8.13. The summed E-state index contributed by atoms with van der Waals surface area (Å²) in [5.41, 5.74) is 4.82. The van der Waals surface area contributed by atoms with Crippen molar-refractivity contribution in [2.75, 3.05) is 22.5 Å². The van der Waals surface area contributed by atoms with Crippen LogP contribution in [0.15, 0.2) is 66.7 Å². The Morgan fingerprint density at radius 3 is 2.57 bits per heavy atom. The van der Waals surface area contributed by atoms with Gasteiger partial charge in [0.15, 0.2) is 4.87 Å². The zero-order chi connectivity index (χ0) is 24.7. The molecule has 1 saturated heterocycles. The van der Waals surface area contributed by atoms with E-state index in [4.69, 9.17) is 0 Å². The summed E-state index contributed by atoms with van der Waals surface area (Å²) in [6.45, 7) is 6.76. The lowest BCUT2D eigenvalue weighted by molar-refractivity contribution is -0.123. The summed E-state index contributed by atoms with van der Waals surface area (Å²) < 4.78 is 14.5. The first kappa shape index (κ1) is 23.4. The van der Waals surface area contributed by atoms with E-state index >= 15 is 0 Å². The highest BCUT2D eigenvalue weighted by Gasteiger charge is 2.59. The topological polar surface area (TPSA) is 52.7 Å². The van der Waals surface area contributed by atoms with Crippen molar-refractivity contribution in [1.82, 2.24) is 4.90 Å². The molecule has 0 saturated carbocycles. The number of aryl methyl sites for hydroxylation is 1. The molecule has 0 radical (unpaired) electrons. The van der Waals surface area contributed by atoms with Gasteiger partial charge >= 0.3 is 6.03 Å². The minimum Gasteiger partial charge on any atom is -0.308 e. The van der Waals surface area contributed by atoms with E-state index in [2.05, 4.69) is 19.2 Å². The van der Waals surface area contributed by atoms with Crippen LogP contribution in [0.1, 0.15) is 42.0 Å². The van der Waals surface area contributed by atoms with Crippen LogP contribution in [0.5, 0.6) is 0 Å². The number of hydrogen-bond donors (Lipinski definition) is 1. The standard InChI is InChI=1S/C28H28FN3O2S/c1-18(2)20-9-11-22(12-10-20)30-27(34)32-14-15-35-28(32)23-16-19(3)8-13-25(23)31(26(28)33)17-21-6-4-5-7-24(21)29/h4-13,16,18H,14-15,17H2,1-3H3,(H,30,34)/t28-/m1/s1. The van der Waals surface area contributed by atoms with Gasteiger partial charge in [-0.15, -0.1) is 11.8 Å². The van der Waals surface area contributed by atoms with E-state index in [9.17, 15) is 14.0 Å². The number of nitrogens with zero attached hydrogens (tertiary/aromatic N) is 2. The van der Waals surface area contributed by atoms with E-state index in [1.54, 1.807) is 28.0 Å². The van der Waals surface area contributed by atoms with Crippen LogP contribution >= 0.6 is 11.8 Å². The molecule has 0 unspecified atom stereocenters. The Morgan fingerprint density at radius 1 is 1.11 bits per heavy atom. The number of halogens is 1. The van der Waals surface area contributed by atoms with Crippen molar-refractivity contribution < 1.29 is 14.0 Å². The molecule has 1 spiro atoms. The number of carbonyl (C=O) groups excluding carboxylic acids is 2. The van der Waals surface area contributed by atoms with E-state index in [0.717, 1.165) is 16.8 Å². The van der Waals surface area contributed by atoms with Gasteiger partial charge in [-0.2, -0.15) is 0 Å². The Morgan fingerprint density at radius 2 is 1.86 bits per heavy atom. The number of hydrogen-bond acceptors (Lipinski definition) is 3. The summed E-state index contributed by atoms with van der Waals surface area (Å²) in [6.07, 6.45) is 0. The zero-order valence-corrected chi connectivity index (χ0v) is 20.9. The number of urea groups is 1. The Bertz CT molecular complexity index is 1290. The number of carbonyl (C=O) groups is 2. The molecule has 0 aromatic heterocycles. The third kappa shape index (κ3) is 3.97. The lowest BCUT2D eigenvalue weighted by Gasteiger charge is -2.33. The fraction of sp³-hybridized carbons (Fsp3) is 0.286. The van der Waals surface area contributed by atoms with Crippen LogP contribution in [0.2, 0.25) is 0 Å². The van der Waals surface area contributed by atoms with Crippen LogP contribution in [0, 0.1) is 12.7 Å². The Balaban J connectivity index is 1.50. The van der Waals surface area contributed by atoms with Gasteiger partial charge in [0.25, 0.3) is 5.91 Å². The van der Waals surface area contributed by atoms with Gasteiger partial charge in [-0.3, -0.25) is 9.69 Å². The van der Waals surface area contributed by atoms with Gasteiger partial charge in [0.2, 0.25) is 0 Å². The van der Waals surface area contributed by atoms with Crippen LogP contribution in [0.25, 0.3) is 0 Å². The van der Waals surface area contributed by atoms with E-state index in [1.165, 1.54) is 23.4 Å². The first-order valence-electron chi connectivity index (χ1n) is 11.8. The number of amides is 3. The van der Waals surface area contributed by atoms with Crippen molar-refractivity contribution in [3.63, 3.8) is 0 Å². The van der Waals surface area contributed by atoms with E-state index in [-0.39, 0.29) is 24.3 Å². The van der Waals surface area contributed by atoms with Crippen LogP contribution in [0.4, 0.5) is 20.6 Å². The predicted octanol–water partition coefficient (Wildman–Crippen LogP) is 6.24. The van der Waals surface area contributed by atoms with Crippen LogP contribution in [-0.2, 0) is 16.2 Å². The molecule has 3 amide bonds. The van der Waals surface area contributed by atoms with Gasteiger partial charge in [0, 0.05) is 29.1 Å². The van der Waals surface area contributed by atoms with Crippen LogP contribution in [0.3, 0.4) is 0 Å². The highest BCUT2D eigenvalue weighted by Crippen LogP contribution is 2.54. The van der Waals surface area contributed by atoms with Gasteiger partial charge in [-0.1, -0.05) is 61.9 Å². The molecule has 1 N–H and O–H groups in total. The second-order valence-corrected chi connectivity index (χ2v) is 10.6. The first-order valence-corrected chi connectivity index (χ1v) is 12.8. The highest BCUT2D eigenvalue weighted by molar-refractivity contribution is 8.01. The minimum absolute atomic E-state index is 0.107. The molecule has 7 heteroatoms. The second kappa shape index (κ2) is 9.04. The van der Waals surface area contributed by atoms with Crippen molar-refractivity contribution in [1.29, 1.82) is 0 Å². The van der Waals surface area contributed by atoms with Gasteiger partial charge in [0.05, 0.1) is 12.2 Å². The molecule has 3 aromatic rings. The van der Waals surface area contributed by atoms with Gasteiger partial charge in [-0.05, 0) is 42.7 Å². The maximum atomic E-state index is 14.5. The van der Waals surface area contributed by atoms with Crippen molar-refractivity contribution in [2.45, 2.75) is 38.1 Å². The summed E-state index contributed by atoms with van der Waals surface area (Å²) in [6, 6.07) is 19.8. The smallest absolute Gasteiger partial charge is 0.308 e. The molecule has 35 heavy (non-hydrogen) atoms. The highest BCUT2D eigenvalue weighted by atomic mass is 32.2. The molecule has 1 atom stereocenters. The van der Waals surface area contributed by atoms with E-state index in [0.29, 0.717) is 29.5 Å². The van der Waals surface area contributed by atoms with E-state index in [1.807, 2.05) is 49.4 Å². The normalized spacial score (nSPS) is 19.1. The molecular formula is C28H28FN3O2S. The minimum atomic E-state index is -1.17. The Kier molecular flexibility index (Phi) is 6.05. The fourth-order valence-electron chi connectivity index (χ4n) is 4.83. The molecule has 0 aliphatic carbocycles. The Hall–Kier alpha value is -3.32. The maximum Gasteiger partial charge on any atom is 0.323 e. The number of fused-ring (bicyclic) bond motifs is 2. The zero-order valence-electron chi connectivity index (χ0n) is 20.0. The van der Waals surface area contributed by atoms with Gasteiger partial charge in [0.1, 0.15) is 5.82 Å². The van der Waals surface area contributed by atoms with Crippen molar-refractivity contribution >= 4 is 35.1 Å². The third-order valence-electron chi connectivity index (χ3n) is 6.71. The first-order chi connectivity index (χ1) is 16.8. The van der Waals surface area contributed by atoms with Crippen molar-refractivity contribution in [2.24, 2.45) is 0 Å². The molecule has 2 aliphatic rings. The lowest BCUT2D eigenvalue weighted by Crippen LogP contribution is -2.51. The molecule has 2 heterocycles. The second-order valence-electron chi connectivity index (χ2n) is 9.35. The number of thioether (sulfide) groups is 1. The molecule has 3 aromatic carbocycles. The molecule has 180 valence electrons. The van der Waals surface area contributed by atoms with Crippen LogP contribution < -0.4 is 10.2 Å². The summed E-state index contributed by atoms with van der Waals surface area (Å²) in [5, 5.41) is 2.98. The SMILES string of the molecule is Cc1ccc2c(c1)[C@@]1(SCCN1C(=O)Nc1ccc(C(C)C)cc1)C(=O)N2Cc1ccccc1F. The largest absolute Gasteiger partial charge is 0.323 e. The quantitative estimate of drug-likeness (QED) is 0.472. The average molecular weight is 490 g/mol. The molecular weight excluding hydrogens is 461 g/mol.